The summed E-state index contributed by atoms with van der Waals surface area (Å²) in [6, 6.07) is 6.97. The molecule has 0 saturated heterocycles. The maximum atomic E-state index is 12.0. The summed E-state index contributed by atoms with van der Waals surface area (Å²) in [5.74, 6) is 1.20. The predicted molar refractivity (Wildman–Crippen MR) is 87.3 cm³/mol. The van der Waals surface area contributed by atoms with Crippen molar-refractivity contribution in [2.75, 3.05) is 11.1 Å². The van der Waals surface area contributed by atoms with Crippen LogP contribution in [0.4, 0.5) is 5.69 Å². The number of hydrogen-bond donors (Lipinski definition) is 1. The maximum Gasteiger partial charge on any atom is 0.234 e. The lowest BCUT2D eigenvalue weighted by atomic mass is 10.4. The van der Waals surface area contributed by atoms with Crippen LogP contribution in [-0.2, 0) is 11.8 Å². The highest BCUT2D eigenvalue weighted by molar-refractivity contribution is 7.99. The van der Waals surface area contributed by atoms with E-state index in [2.05, 4.69) is 20.5 Å². The number of furan rings is 1. The average Bonchev–Trinajstić information content (AvgIpc) is 3.17. The molecule has 0 unspecified atom stereocenters. The number of carbonyl (C=O) groups excluding carboxylic acids is 1. The third kappa shape index (κ3) is 3.54. The smallest absolute Gasteiger partial charge is 0.234 e. The molecule has 0 spiro atoms. The molecule has 0 aliphatic heterocycles. The number of amides is 1. The van der Waals surface area contributed by atoms with Crippen molar-refractivity contribution < 1.29 is 9.21 Å². The van der Waals surface area contributed by atoms with Crippen LogP contribution in [-0.4, -0.2) is 31.4 Å². The summed E-state index contributed by atoms with van der Waals surface area (Å²) >= 11 is 7.17. The number of aromatic nitrogens is 4. The van der Waals surface area contributed by atoms with Crippen molar-refractivity contribution in [3.05, 3.63) is 41.9 Å². The number of nitrogens with zero attached hydrogens (tertiary/aromatic N) is 4. The molecule has 0 aliphatic carbocycles. The van der Waals surface area contributed by atoms with Gasteiger partial charge in [-0.15, -0.1) is 10.2 Å². The van der Waals surface area contributed by atoms with Gasteiger partial charge in [0.2, 0.25) is 5.91 Å². The Bertz CT molecular complexity index is 818. The summed E-state index contributed by atoms with van der Waals surface area (Å²) in [6.45, 7) is 0. The number of anilines is 1. The van der Waals surface area contributed by atoms with E-state index in [4.69, 9.17) is 16.0 Å². The van der Waals surface area contributed by atoms with Gasteiger partial charge < -0.3 is 14.3 Å². The van der Waals surface area contributed by atoms with Gasteiger partial charge in [-0.1, -0.05) is 23.4 Å². The number of halogens is 1. The van der Waals surface area contributed by atoms with E-state index in [0.717, 1.165) is 0 Å². The minimum absolute atomic E-state index is 0.176. The first kappa shape index (κ1) is 15.6. The zero-order valence-corrected chi connectivity index (χ0v) is 13.6. The third-order valence-corrected chi connectivity index (χ3v) is 4.26. The second-order valence-electron chi connectivity index (χ2n) is 4.52. The fourth-order valence-electron chi connectivity index (χ4n) is 1.86. The number of carbonyl (C=O) groups is 1. The Balaban J connectivity index is 1.63. The van der Waals surface area contributed by atoms with Crippen LogP contribution >= 0.6 is 23.4 Å². The molecule has 0 aliphatic rings. The number of rotatable bonds is 5. The third-order valence-electron chi connectivity index (χ3n) is 2.94. The molecule has 3 aromatic rings. The Labute approximate surface area is 141 Å². The van der Waals surface area contributed by atoms with Crippen LogP contribution in [0.5, 0.6) is 0 Å². The molecule has 118 valence electrons. The minimum atomic E-state index is -0.201. The van der Waals surface area contributed by atoms with Gasteiger partial charge in [0.25, 0.3) is 0 Å². The van der Waals surface area contributed by atoms with Crippen LogP contribution in [0.25, 0.3) is 11.6 Å². The summed E-state index contributed by atoms with van der Waals surface area (Å²) in [5, 5.41) is 11.7. The first-order valence-corrected chi connectivity index (χ1v) is 7.98. The Morgan fingerprint density at radius 2 is 2.26 bits per heavy atom. The molecule has 0 atom stereocenters. The SMILES string of the molecule is Cn1c(SCC(=O)Nc2cccnc2Cl)nnc1-c1ccco1. The Hall–Kier alpha value is -2.32. The molecule has 1 N–H and O–H groups in total. The van der Waals surface area contributed by atoms with E-state index in [1.54, 1.807) is 41.3 Å². The van der Waals surface area contributed by atoms with Crippen LogP contribution in [0, 0.1) is 0 Å². The maximum absolute atomic E-state index is 12.0. The van der Waals surface area contributed by atoms with Gasteiger partial charge in [0.05, 0.1) is 17.7 Å². The zero-order chi connectivity index (χ0) is 16.2. The van der Waals surface area contributed by atoms with E-state index in [-0.39, 0.29) is 16.8 Å². The van der Waals surface area contributed by atoms with Gasteiger partial charge in [-0.05, 0) is 24.3 Å². The molecule has 0 bridgehead atoms. The van der Waals surface area contributed by atoms with Gasteiger partial charge in [0.1, 0.15) is 0 Å². The molecular weight excluding hydrogens is 338 g/mol. The van der Waals surface area contributed by atoms with Crippen LogP contribution in [0.1, 0.15) is 0 Å². The fourth-order valence-corrected chi connectivity index (χ4v) is 2.73. The quantitative estimate of drug-likeness (QED) is 0.563. The minimum Gasteiger partial charge on any atom is -0.461 e. The van der Waals surface area contributed by atoms with Crippen molar-refractivity contribution in [2.24, 2.45) is 7.05 Å². The van der Waals surface area contributed by atoms with Gasteiger partial charge in [-0.25, -0.2) is 4.98 Å². The van der Waals surface area contributed by atoms with Crippen LogP contribution < -0.4 is 5.32 Å². The number of thioether (sulfide) groups is 1. The highest BCUT2D eigenvalue weighted by Gasteiger charge is 2.15. The molecule has 3 heterocycles. The van der Waals surface area contributed by atoms with Crippen LogP contribution in [0.2, 0.25) is 5.15 Å². The first-order valence-electron chi connectivity index (χ1n) is 6.61. The normalized spacial score (nSPS) is 10.7. The van der Waals surface area contributed by atoms with Crippen molar-refractivity contribution >= 4 is 35.0 Å². The summed E-state index contributed by atoms with van der Waals surface area (Å²) < 4.78 is 7.07. The van der Waals surface area contributed by atoms with Crippen molar-refractivity contribution in [1.29, 1.82) is 0 Å². The lowest BCUT2D eigenvalue weighted by Gasteiger charge is -2.06. The molecular formula is C14H12ClN5O2S. The van der Waals surface area contributed by atoms with Gasteiger partial charge in [0.15, 0.2) is 21.9 Å². The number of pyridine rings is 1. The summed E-state index contributed by atoms with van der Waals surface area (Å²) in [6.07, 6.45) is 3.13. The molecule has 9 heteroatoms. The van der Waals surface area contributed by atoms with E-state index in [1.165, 1.54) is 11.8 Å². The van der Waals surface area contributed by atoms with Crippen LogP contribution in [0.15, 0.2) is 46.3 Å². The molecule has 1 amide bonds. The topological polar surface area (TPSA) is 85.8 Å². The number of nitrogens with one attached hydrogen (secondary N) is 1. The van der Waals surface area contributed by atoms with Crippen molar-refractivity contribution in [3.8, 4) is 11.6 Å². The number of hydrogen-bond acceptors (Lipinski definition) is 6. The molecule has 7 nitrogen and oxygen atoms in total. The fraction of sp³-hybridized carbons (Fsp3) is 0.143. The molecule has 3 aromatic heterocycles. The highest BCUT2D eigenvalue weighted by Crippen LogP contribution is 2.23. The lowest BCUT2D eigenvalue weighted by Crippen LogP contribution is -2.15. The Morgan fingerprint density at radius 3 is 3.00 bits per heavy atom. The van der Waals surface area contributed by atoms with Crippen molar-refractivity contribution in [1.82, 2.24) is 19.7 Å². The van der Waals surface area contributed by atoms with Gasteiger partial charge in [-0.2, -0.15) is 0 Å². The predicted octanol–water partition coefficient (Wildman–Crippen LogP) is 2.85. The van der Waals surface area contributed by atoms with Gasteiger partial charge in [0, 0.05) is 13.2 Å². The summed E-state index contributed by atoms with van der Waals surface area (Å²) in [7, 11) is 1.82. The summed E-state index contributed by atoms with van der Waals surface area (Å²) in [4.78, 5) is 15.9. The van der Waals surface area contributed by atoms with E-state index in [9.17, 15) is 4.79 Å². The Morgan fingerprint density at radius 1 is 1.39 bits per heavy atom. The molecule has 0 aromatic carbocycles. The zero-order valence-electron chi connectivity index (χ0n) is 12.1. The molecule has 3 rings (SSSR count). The van der Waals surface area contributed by atoms with E-state index < -0.39 is 0 Å². The van der Waals surface area contributed by atoms with E-state index >= 15 is 0 Å². The first-order chi connectivity index (χ1) is 11.1. The van der Waals surface area contributed by atoms with E-state index in [0.29, 0.717) is 22.4 Å². The van der Waals surface area contributed by atoms with Gasteiger partial charge in [-0.3, -0.25) is 4.79 Å². The van der Waals surface area contributed by atoms with Crippen molar-refractivity contribution in [2.45, 2.75) is 5.16 Å². The molecule has 0 saturated carbocycles. The average molecular weight is 350 g/mol. The standard InChI is InChI=1S/C14H12ClN5O2S/c1-20-13(10-5-3-7-22-10)18-19-14(20)23-8-11(21)17-9-4-2-6-16-12(9)15/h2-7H,8H2,1H3,(H,17,21). The van der Waals surface area contributed by atoms with Gasteiger partial charge >= 0.3 is 0 Å². The van der Waals surface area contributed by atoms with Crippen LogP contribution in [0.3, 0.4) is 0 Å². The lowest BCUT2D eigenvalue weighted by molar-refractivity contribution is -0.113. The molecule has 0 fully saturated rings. The second kappa shape index (κ2) is 6.84. The monoisotopic (exact) mass is 349 g/mol. The highest BCUT2D eigenvalue weighted by atomic mass is 35.5. The van der Waals surface area contributed by atoms with E-state index in [1.807, 2.05) is 7.05 Å². The van der Waals surface area contributed by atoms with Crippen molar-refractivity contribution in [3.63, 3.8) is 0 Å². The largest absolute Gasteiger partial charge is 0.461 e. The summed E-state index contributed by atoms with van der Waals surface area (Å²) in [5.41, 5.74) is 0.481. The second-order valence-corrected chi connectivity index (χ2v) is 5.82. The molecule has 23 heavy (non-hydrogen) atoms. The Kier molecular flexibility index (Phi) is 4.63. The molecule has 0 radical (unpaired) electrons.